The Morgan fingerprint density at radius 3 is 2.85 bits per heavy atom. The number of carbonyl (C=O) groups is 1. The summed E-state index contributed by atoms with van der Waals surface area (Å²) in [5.74, 6) is 6.20. The minimum atomic E-state index is -0.574. The summed E-state index contributed by atoms with van der Waals surface area (Å²) in [6, 6.07) is 8.27. The monoisotopic (exact) mass is 477 g/mol. The molecule has 2 N–H and O–H groups in total. The van der Waals surface area contributed by atoms with Crippen molar-refractivity contribution >= 4 is 45.6 Å². The number of carbonyl (C=O) groups excluding carboxylic acids is 1. The molecule has 34 heavy (non-hydrogen) atoms. The van der Waals surface area contributed by atoms with Gasteiger partial charge in [-0.2, -0.15) is 0 Å². The third-order valence-corrected chi connectivity index (χ3v) is 6.01. The zero-order chi connectivity index (χ0) is 24.3. The van der Waals surface area contributed by atoms with Gasteiger partial charge in [-0.15, -0.1) is 0 Å². The average molecular weight is 478 g/mol. The standard InChI is InChI=1S/C26H25ClFN5O/c1-4-6-23(34)31-21-14-18-22(13-17(21)9-10-26(2)11-12-33(3)15-26)29-16-30-25(18)32-20-8-5-7-19(27)24(20)28/h4-8,13-14,16H,11-12,15H2,1-3H3,(H,31,34)(H,29,30,32)/b6-4+. The van der Waals surface area contributed by atoms with Crippen LogP contribution in [0.5, 0.6) is 0 Å². The fourth-order valence-electron chi connectivity index (χ4n) is 3.97. The molecule has 3 aromatic rings. The molecule has 1 atom stereocenters. The quantitative estimate of drug-likeness (QED) is 0.390. The maximum absolute atomic E-state index is 14.5. The number of nitrogens with one attached hydrogen (secondary N) is 2. The van der Waals surface area contributed by atoms with Crippen LogP contribution in [0.1, 0.15) is 25.8 Å². The minimum absolute atomic E-state index is 0.00581. The van der Waals surface area contributed by atoms with Gasteiger partial charge in [0, 0.05) is 17.3 Å². The van der Waals surface area contributed by atoms with Crippen LogP contribution < -0.4 is 10.6 Å². The summed E-state index contributed by atoms with van der Waals surface area (Å²) in [5, 5.41) is 6.50. The lowest BCUT2D eigenvalue weighted by molar-refractivity contribution is -0.111. The summed E-state index contributed by atoms with van der Waals surface area (Å²) in [5.41, 5.74) is 1.86. The van der Waals surface area contributed by atoms with Crippen molar-refractivity contribution in [1.82, 2.24) is 14.9 Å². The fourth-order valence-corrected chi connectivity index (χ4v) is 4.15. The van der Waals surface area contributed by atoms with Gasteiger partial charge >= 0.3 is 0 Å². The van der Waals surface area contributed by atoms with Crippen molar-refractivity contribution in [1.29, 1.82) is 0 Å². The molecule has 8 heteroatoms. The first-order chi connectivity index (χ1) is 16.3. The van der Waals surface area contributed by atoms with Crippen LogP contribution in [0.25, 0.3) is 10.9 Å². The highest BCUT2D eigenvalue weighted by atomic mass is 35.5. The highest BCUT2D eigenvalue weighted by Gasteiger charge is 2.30. The number of rotatable bonds is 4. The smallest absolute Gasteiger partial charge is 0.248 e. The Morgan fingerprint density at radius 2 is 2.12 bits per heavy atom. The van der Waals surface area contributed by atoms with Crippen LogP contribution in [0.3, 0.4) is 0 Å². The van der Waals surface area contributed by atoms with Crippen molar-refractivity contribution in [3.05, 3.63) is 65.2 Å². The van der Waals surface area contributed by atoms with Crippen molar-refractivity contribution < 1.29 is 9.18 Å². The van der Waals surface area contributed by atoms with Gasteiger partial charge in [0.15, 0.2) is 5.82 Å². The number of likely N-dealkylation sites (tertiary alicyclic amines) is 1. The Labute approximate surface area is 203 Å². The highest BCUT2D eigenvalue weighted by molar-refractivity contribution is 6.31. The molecule has 174 valence electrons. The highest BCUT2D eigenvalue weighted by Crippen LogP contribution is 2.32. The molecular formula is C26H25ClFN5O. The summed E-state index contributed by atoms with van der Waals surface area (Å²) >= 11 is 5.92. The first kappa shape index (κ1) is 23.7. The Bertz CT molecular complexity index is 1350. The van der Waals surface area contributed by atoms with E-state index in [9.17, 15) is 9.18 Å². The van der Waals surface area contributed by atoms with E-state index in [1.165, 1.54) is 18.5 Å². The molecule has 0 aliphatic carbocycles. The van der Waals surface area contributed by atoms with Crippen LogP contribution in [0.4, 0.5) is 21.6 Å². The molecule has 2 heterocycles. The largest absolute Gasteiger partial charge is 0.337 e. The average Bonchev–Trinajstić information content (AvgIpc) is 3.14. The molecule has 1 unspecified atom stereocenters. The van der Waals surface area contributed by atoms with Gasteiger partial charge in [0.1, 0.15) is 12.1 Å². The van der Waals surface area contributed by atoms with Crippen molar-refractivity contribution in [3.8, 4) is 11.8 Å². The maximum Gasteiger partial charge on any atom is 0.248 e. The lowest BCUT2D eigenvalue weighted by Gasteiger charge is -2.16. The van der Waals surface area contributed by atoms with E-state index < -0.39 is 5.82 Å². The van der Waals surface area contributed by atoms with Gasteiger partial charge in [0.05, 0.1) is 27.5 Å². The number of hydrogen-bond acceptors (Lipinski definition) is 5. The molecule has 0 bridgehead atoms. The van der Waals surface area contributed by atoms with Crippen molar-refractivity contribution in [2.24, 2.45) is 5.41 Å². The number of halogens is 2. The maximum atomic E-state index is 14.5. The second-order valence-electron chi connectivity index (χ2n) is 8.65. The minimum Gasteiger partial charge on any atom is -0.337 e. The molecule has 1 aliphatic heterocycles. The molecule has 1 saturated heterocycles. The predicted molar refractivity (Wildman–Crippen MR) is 135 cm³/mol. The van der Waals surface area contributed by atoms with E-state index in [2.05, 4.69) is 51.3 Å². The van der Waals surface area contributed by atoms with Crippen molar-refractivity contribution in [3.63, 3.8) is 0 Å². The number of aromatic nitrogens is 2. The third kappa shape index (κ3) is 5.19. The molecule has 1 aliphatic rings. The Morgan fingerprint density at radius 1 is 1.29 bits per heavy atom. The second kappa shape index (κ2) is 9.80. The normalized spacial score (nSPS) is 18.1. The molecule has 2 aromatic carbocycles. The Hall–Kier alpha value is -3.47. The van der Waals surface area contributed by atoms with Gasteiger partial charge in [0.25, 0.3) is 0 Å². The van der Waals surface area contributed by atoms with Crippen LogP contribution in [0, 0.1) is 23.1 Å². The lowest BCUT2D eigenvalue weighted by atomic mass is 9.90. The Kier molecular flexibility index (Phi) is 6.82. The molecule has 1 fully saturated rings. The van der Waals surface area contributed by atoms with Crippen LogP contribution >= 0.6 is 11.6 Å². The van der Waals surface area contributed by atoms with Gasteiger partial charge in [0.2, 0.25) is 5.91 Å². The Balaban J connectivity index is 1.79. The van der Waals surface area contributed by atoms with Gasteiger partial charge in [-0.25, -0.2) is 14.4 Å². The summed E-state index contributed by atoms with van der Waals surface area (Å²) in [7, 11) is 2.08. The van der Waals surface area contributed by atoms with E-state index in [-0.39, 0.29) is 22.0 Å². The van der Waals surface area contributed by atoms with Crippen LogP contribution in [-0.4, -0.2) is 40.9 Å². The molecule has 0 radical (unpaired) electrons. The number of nitrogens with zero attached hydrogens (tertiary/aromatic N) is 3. The first-order valence-corrected chi connectivity index (χ1v) is 11.3. The van der Waals surface area contributed by atoms with E-state index in [1.807, 2.05) is 6.07 Å². The number of fused-ring (bicyclic) bond motifs is 1. The summed E-state index contributed by atoms with van der Waals surface area (Å²) in [4.78, 5) is 23.3. The summed E-state index contributed by atoms with van der Waals surface area (Å²) < 4.78 is 14.5. The molecule has 0 saturated carbocycles. The molecule has 0 spiro atoms. The van der Waals surface area contributed by atoms with E-state index in [0.717, 1.165) is 19.5 Å². The van der Waals surface area contributed by atoms with E-state index in [1.54, 1.807) is 31.2 Å². The molecule has 1 aromatic heterocycles. The zero-order valence-electron chi connectivity index (χ0n) is 19.2. The van der Waals surface area contributed by atoms with Gasteiger partial charge in [-0.05, 0) is 64.2 Å². The molecule has 1 amide bonds. The van der Waals surface area contributed by atoms with Crippen LogP contribution in [0.15, 0.2) is 48.8 Å². The number of benzene rings is 2. The molecular weight excluding hydrogens is 453 g/mol. The number of allylic oxidation sites excluding steroid dienone is 1. The van der Waals surface area contributed by atoms with Gasteiger partial charge in [-0.1, -0.05) is 35.6 Å². The molecule has 4 rings (SSSR count). The van der Waals surface area contributed by atoms with E-state index in [4.69, 9.17) is 11.6 Å². The van der Waals surface area contributed by atoms with Gasteiger partial charge in [-0.3, -0.25) is 4.79 Å². The van der Waals surface area contributed by atoms with Crippen molar-refractivity contribution in [2.75, 3.05) is 30.8 Å². The van der Waals surface area contributed by atoms with Crippen molar-refractivity contribution in [2.45, 2.75) is 20.3 Å². The van der Waals surface area contributed by atoms with Crippen LogP contribution in [-0.2, 0) is 4.79 Å². The zero-order valence-corrected chi connectivity index (χ0v) is 20.0. The second-order valence-corrected chi connectivity index (χ2v) is 9.06. The van der Waals surface area contributed by atoms with Crippen LogP contribution in [0.2, 0.25) is 5.02 Å². The predicted octanol–water partition coefficient (Wildman–Crippen LogP) is 5.37. The summed E-state index contributed by atoms with van der Waals surface area (Å²) in [6.07, 6.45) is 5.48. The SMILES string of the molecule is C/C=C/C(=O)Nc1cc2c(Nc3cccc(Cl)c3F)ncnc2cc1C#CC1(C)CCN(C)C1. The van der Waals surface area contributed by atoms with E-state index in [0.29, 0.717) is 28.0 Å². The fraction of sp³-hybridized carbons (Fsp3) is 0.269. The lowest BCUT2D eigenvalue weighted by Crippen LogP contribution is -2.20. The first-order valence-electron chi connectivity index (χ1n) is 10.9. The summed E-state index contributed by atoms with van der Waals surface area (Å²) in [6.45, 7) is 5.80. The van der Waals surface area contributed by atoms with Gasteiger partial charge < -0.3 is 15.5 Å². The number of hydrogen-bond donors (Lipinski definition) is 2. The third-order valence-electron chi connectivity index (χ3n) is 5.72. The molecule has 6 nitrogen and oxygen atoms in total. The van der Waals surface area contributed by atoms with E-state index >= 15 is 0 Å². The number of anilines is 3. The number of amides is 1. The topological polar surface area (TPSA) is 70.1 Å².